The zero-order chi connectivity index (χ0) is 26.7. The Balaban J connectivity index is 1.65. The fraction of sp³-hybridized carbons (Fsp3) is 0.370. The van der Waals surface area contributed by atoms with E-state index in [1.54, 1.807) is 48.3 Å². The molecule has 1 atom stereocenters. The van der Waals surface area contributed by atoms with Crippen LogP contribution in [0.25, 0.3) is 0 Å². The molecule has 10 heteroatoms. The first-order chi connectivity index (χ1) is 17.7. The van der Waals surface area contributed by atoms with Gasteiger partial charge in [0.25, 0.3) is 0 Å². The van der Waals surface area contributed by atoms with Crippen molar-refractivity contribution in [2.75, 3.05) is 6.61 Å². The van der Waals surface area contributed by atoms with Gasteiger partial charge < -0.3 is 25.0 Å². The molecule has 0 saturated heterocycles. The van der Waals surface area contributed by atoms with Gasteiger partial charge in [-0.1, -0.05) is 42.5 Å². The van der Waals surface area contributed by atoms with Gasteiger partial charge in [0.1, 0.15) is 11.6 Å². The lowest BCUT2D eigenvalue weighted by molar-refractivity contribution is -0.135. The van der Waals surface area contributed by atoms with Crippen molar-refractivity contribution in [1.82, 2.24) is 15.5 Å². The quantitative estimate of drug-likeness (QED) is 0.331. The zero-order valence-corrected chi connectivity index (χ0v) is 22.9. The van der Waals surface area contributed by atoms with E-state index in [1.807, 2.05) is 65.4 Å². The number of amides is 3. The number of ether oxygens (including phenoxy) is 2. The third kappa shape index (κ3) is 10.3. The normalized spacial score (nSPS) is 11.9. The summed E-state index contributed by atoms with van der Waals surface area (Å²) in [7, 11) is 0. The Kier molecular flexibility index (Phi) is 10.5. The molecular weight excluding hydrogens is 510 g/mol. The molecule has 0 radical (unpaired) electrons. The molecule has 2 aromatic heterocycles. The van der Waals surface area contributed by atoms with E-state index in [2.05, 4.69) is 10.6 Å². The minimum absolute atomic E-state index is 0.0569. The van der Waals surface area contributed by atoms with E-state index in [4.69, 9.17) is 9.47 Å². The van der Waals surface area contributed by atoms with E-state index >= 15 is 0 Å². The highest BCUT2D eigenvalue weighted by molar-refractivity contribution is 7.10. The van der Waals surface area contributed by atoms with Gasteiger partial charge in [-0.25, -0.2) is 9.59 Å². The number of carbonyl (C=O) groups excluding carboxylic acids is 3. The molecule has 0 fully saturated rings. The smallest absolute Gasteiger partial charge is 0.408 e. The summed E-state index contributed by atoms with van der Waals surface area (Å²) in [4.78, 5) is 42.2. The molecule has 0 spiro atoms. The minimum Gasteiger partial charge on any atom is -0.449 e. The molecule has 3 rings (SSSR count). The molecule has 0 unspecified atom stereocenters. The Morgan fingerprint density at radius 3 is 2.05 bits per heavy atom. The van der Waals surface area contributed by atoms with Crippen molar-refractivity contribution in [3.8, 4) is 0 Å². The lowest BCUT2D eigenvalue weighted by Gasteiger charge is -2.28. The van der Waals surface area contributed by atoms with Crippen molar-refractivity contribution in [3.05, 3.63) is 80.7 Å². The number of hydrogen-bond donors (Lipinski definition) is 2. The van der Waals surface area contributed by atoms with Gasteiger partial charge in [0, 0.05) is 22.7 Å². The molecule has 8 nitrogen and oxygen atoms in total. The Hall–Kier alpha value is -3.37. The van der Waals surface area contributed by atoms with Gasteiger partial charge >= 0.3 is 12.2 Å². The van der Waals surface area contributed by atoms with Gasteiger partial charge in [-0.3, -0.25) is 4.79 Å². The molecule has 0 aliphatic carbocycles. The lowest BCUT2D eigenvalue weighted by Crippen LogP contribution is -2.49. The van der Waals surface area contributed by atoms with Crippen LogP contribution in [0.5, 0.6) is 0 Å². The molecule has 0 aliphatic heterocycles. The maximum Gasteiger partial charge on any atom is 0.408 e. The van der Waals surface area contributed by atoms with E-state index in [0.717, 1.165) is 15.3 Å². The van der Waals surface area contributed by atoms with Crippen LogP contribution in [0.15, 0.2) is 65.4 Å². The highest BCUT2D eigenvalue weighted by Gasteiger charge is 2.29. The van der Waals surface area contributed by atoms with Crippen LogP contribution in [0.1, 0.15) is 42.5 Å². The molecule has 198 valence electrons. The molecule has 2 heterocycles. The summed E-state index contributed by atoms with van der Waals surface area (Å²) in [6.45, 7) is 6.33. The van der Waals surface area contributed by atoms with Crippen LogP contribution in [0.2, 0.25) is 0 Å². The number of alkyl carbamates (subject to hydrolysis) is 2. The zero-order valence-electron chi connectivity index (χ0n) is 21.3. The van der Waals surface area contributed by atoms with Crippen LogP contribution in [0.3, 0.4) is 0 Å². The van der Waals surface area contributed by atoms with Crippen LogP contribution in [0.4, 0.5) is 9.59 Å². The Morgan fingerprint density at radius 1 is 0.892 bits per heavy atom. The van der Waals surface area contributed by atoms with Crippen LogP contribution in [-0.4, -0.2) is 41.2 Å². The first kappa shape index (κ1) is 28.2. The van der Waals surface area contributed by atoms with Crippen molar-refractivity contribution >= 4 is 40.8 Å². The van der Waals surface area contributed by atoms with Crippen LogP contribution in [0, 0.1) is 0 Å². The standard InChI is InChI=1S/C27H33N3O5S2/c1-27(2,3)35-26(33)29-23(13-14-34-25(32)28-17-20-9-5-4-6-10-20)24(31)30(18-21-11-7-15-36-21)19-22-12-8-16-37-22/h4-12,15-16,23H,13-14,17-19H2,1-3H3,(H,28,32)(H,29,33)/t23-/m0/s1. The molecule has 3 aromatic rings. The highest BCUT2D eigenvalue weighted by atomic mass is 32.1. The topological polar surface area (TPSA) is 97.0 Å². The summed E-state index contributed by atoms with van der Waals surface area (Å²) in [5, 5.41) is 9.30. The molecular formula is C27H33N3O5S2. The summed E-state index contributed by atoms with van der Waals surface area (Å²) in [6.07, 6.45) is -1.20. The number of hydrogen-bond acceptors (Lipinski definition) is 7. The fourth-order valence-electron chi connectivity index (χ4n) is 3.41. The van der Waals surface area contributed by atoms with Crippen molar-refractivity contribution in [2.24, 2.45) is 0 Å². The summed E-state index contributed by atoms with van der Waals surface area (Å²) >= 11 is 3.12. The summed E-state index contributed by atoms with van der Waals surface area (Å²) in [5.41, 5.74) is 0.218. The van der Waals surface area contributed by atoms with Crippen LogP contribution in [-0.2, 0) is 33.9 Å². The molecule has 1 aromatic carbocycles. The predicted molar refractivity (Wildman–Crippen MR) is 145 cm³/mol. The number of thiophene rings is 2. The molecule has 2 N–H and O–H groups in total. The third-order valence-corrected chi connectivity index (χ3v) is 6.80. The average molecular weight is 544 g/mol. The second kappa shape index (κ2) is 13.8. The summed E-state index contributed by atoms with van der Waals surface area (Å²) in [5.74, 6) is -0.277. The highest BCUT2D eigenvalue weighted by Crippen LogP contribution is 2.19. The summed E-state index contributed by atoms with van der Waals surface area (Å²) < 4.78 is 10.7. The Morgan fingerprint density at radius 2 is 1.51 bits per heavy atom. The second-order valence-corrected chi connectivity index (χ2v) is 11.4. The molecule has 0 aliphatic rings. The second-order valence-electron chi connectivity index (χ2n) is 9.32. The van der Waals surface area contributed by atoms with Crippen molar-refractivity contribution in [3.63, 3.8) is 0 Å². The Labute approximate surface area is 225 Å². The van der Waals surface area contributed by atoms with Crippen molar-refractivity contribution < 1.29 is 23.9 Å². The average Bonchev–Trinajstić information content (AvgIpc) is 3.55. The number of carbonyl (C=O) groups is 3. The first-order valence-corrected chi connectivity index (χ1v) is 13.7. The third-order valence-electron chi connectivity index (χ3n) is 5.07. The van der Waals surface area contributed by atoms with E-state index in [-0.39, 0.29) is 18.9 Å². The van der Waals surface area contributed by atoms with Crippen molar-refractivity contribution in [2.45, 2.75) is 58.5 Å². The van der Waals surface area contributed by atoms with Gasteiger partial charge in [-0.05, 0) is 49.2 Å². The van der Waals surface area contributed by atoms with Gasteiger partial charge in [-0.15, -0.1) is 22.7 Å². The largest absolute Gasteiger partial charge is 0.449 e. The number of benzene rings is 1. The minimum atomic E-state index is -0.934. The van der Waals surface area contributed by atoms with Crippen molar-refractivity contribution in [1.29, 1.82) is 0 Å². The molecule has 0 saturated carbocycles. The molecule has 37 heavy (non-hydrogen) atoms. The van der Waals surface area contributed by atoms with Crippen LogP contribution >= 0.6 is 22.7 Å². The van der Waals surface area contributed by atoms with E-state index < -0.39 is 23.8 Å². The maximum absolute atomic E-state index is 13.7. The van der Waals surface area contributed by atoms with Gasteiger partial charge in [0.2, 0.25) is 5.91 Å². The predicted octanol–water partition coefficient (Wildman–Crippen LogP) is 5.55. The summed E-state index contributed by atoms with van der Waals surface area (Å²) in [6, 6.07) is 16.3. The molecule has 3 amide bonds. The fourth-order valence-corrected chi connectivity index (χ4v) is 4.85. The van der Waals surface area contributed by atoms with E-state index in [9.17, 15) is 14.4 Å². The number of nitrogens with zero attached hydrogens (tertiary/aromatic N) is 1. The lowest BCUT2D eigenvalue weighted by atomic mass is 10.1. The Bertz CT molecular complexity index is 1080. The van der Waals surface area contributed by atoms with E-state index in [0.29, 0.717) is 19.6 Å². The van der Waals surface area contributed by atoms with Gasteiger partial charge in [0.05, 0.1) is 19.7 Å². The van der Waals surface area contributed by atoms with Gasteiger partial charge in [-0.2, -0.15) is 0 Å². The van der Waals surface area contributed by atoms with Crippen LogP contribution < -0.4 is 10.6 Å². The molecule has 0 bridgehead atoms. The maximum atomic E-state index is 13.7. The van der Waals surface area contributed by atoms with E-state index in [1.165, 1.54) is 0 Å². The number of nitrogens with one attached hydrogen (secondary N) is 2. The van der Waals surface area contributed by atoms with Gasteiger partial charge in [0.15, 0.2) is 0 Å². The number of rotatable bonds is 11. The monoisotopic (exact) mass is 543 g/mol. The SMILES string of the molecule is CC(C)(C)OC(=O)N[C@@H](CCOC(=O)NCc1ccccc1)C(=O)N(Cc1cccs1)Cc1cccs1. The first-order valence-electron chi connectivity index (χ1n) is 12.0.